The molecular formula is C19H20N6O2. The van der Waals surface area contributed by atoms with E-state index in [0.717, 1.165) is 36.6 Å². The van der Waals surface area contributed by atoms with Crippen molar-refractivity contribution in [1.82, 2.24) is 25.4 Å². The van der Waals surface area contributed by atoms with Crippen molar-refractivity contribution in [1.29, 1.82) is 0 Å². The van der Waals surface area contributed by atoms with Crippen LogP contribution >= 0.6 is 0 Å². The summed E-state index contributed by atoms with van der Waals surface area (Å²) in [6.07, 6.45) is 4.21. The quantitative estimate of drug-likeness (QED) is 0.757. The highest BCUT2D eigenvalue weighted by Gasteiger charge is 2.25. The molecule has 138 valence electrons. The largest absolute Gasteiger partial charge is 0.354 e. The topological polar surface area (TPSA) is 97.0 Å². The van der Waals surface area contributed by atoms with Gasteiger partial charge in [-0.1, -0.05) is 5.16 Å². The molecule has 1 amide bonds. The Bertz CT molecular complexity index is 936. The molecule has 4 heterocycles. The predicted octanol–water partition coefficient (Wildman–Crippen LogP) is 2.15. The number of nitrogens with one attached hydrogen (secondary N) is 1. The molecular weight excluding hydrogens is 344 g/mol. The Labute approximate surface area is 156 Å². The van der Waals surface area contributed by atoms with Crippen LogP contribution in [-0.4, -0.2) is 45.1 Å². The van der Waals surface area contributed by atoms with Crippen LogP contribution in [0.3, 0.4) is 0 Å². The van der Waals surface area contributed by atoms with E-state index in [2.05, 4.69) is 30.3 Å². The number of hydrogen-bond acceptors (Lipinski definition) is 7. The minimum absolute atomic E-state index is 0.0823. The number of aryl methyl sites for hydroxylation is 2. The fourth-order valence-corrected chi connectivity index (χ4v) is 3.07. The van der Waals surface area contributed by atoms with E-state index in [4.69, 9.17) is 4.52 Å². The van der Waals surface area contributed by atoms with Gasteiger partial charge in [0.05, 0.1) is 11.1 Å². The van der Waals surface area contributed by atoms with Crippen molar-refractivity contribution in [2.75, 3.05) is 18.0 Å². The van der Waals surface area contributed by atoms with Gasteiger partial charge in [-0.05, 0) is 44.5 Å². The average molecular weight is 364 g/mol. The Kier molecular flexibility index (Phi) is 4.53. The number of nitrogens with zero attached hydrogens (tertiary/aromatic N) is 5. The average Bonchev–Trinajstić information content (AvgIpc) is 3.31. The van der Waals surface area contributed by atoms with Crippen LogP contribution in [0.5, 0.6) is 0 Å². The molecule has 0 radical (unpaired) electrons. The Morgan fingerprint density at radius 2 is 2.07 bits per heavy atom. The number of amides is 1. The monoisotopic (exact) mass is 364 g/mol. The van der Waals surface area contributed by atoms with E-state index in [1.165, 1.54) is 0 Å². The summed E-state index contributed by atoms with van der Waals surface area (Å²) in [5.41, 5.74) is 2.26. The number of pyridine rings is 2. The van der Waals surface area contributed by atoms with E-state index in [-0.39, 0.29) is 11.9 Å². The third-order valence-electron chi connectivity index (χ3n) is 4.54. The first kappa shape index (κ1) is 17.1. The van der Waals surface area contributed by atoms with Crippen molar-refractivity contribution < 1.29 is 9.32 Å². The molecule has 27 heavy (non-hydrogen) atoms. The second kappa shape index (κ2) is 7.14. The Hall–Kier alpha value is -3.29. The van der Waals surface area contributed by atoms with Crippen LogP contribution in [0.2, 0.25) is 0 Å². The van der Waals surface area contributed by atoms with Crippen molar-refractivity contribution in [2.45, 2.75) is 26.3 Å². The number of carbonyl (C=O) groups excluding carboxylic acids is 1. The third kappa shape index (κ3) is 3.79. The van der Waals surface area contributed by atoms with E-state index in [1.54, 1.807) is 25.4 Å². The van der Waals surface area contributed by atoms with Crippen LogP contribution in [0.4, 0.5) is 5.82 Å². The summed E-state index contributed by atoms with van der Waals surface area (Å²) >= 11 is 0. The molecule has 1 saturated heterocycles. The summed E-state index contributed by atoms with van der Waals surface area (Å²) in [6.45, 7) is 5.23. The summed E-state index contributed by atoms with van der Waals surface area (Å²) < 4.78 is 5.16. The molecule has 0 spiro atoms. The first-order valence-electron chi connectivity index (χ1n) is 8.84. The van der Waals surface area contributed by atoms with Gasteiger partial charge in [-0.15, -0.1) is 0 Å². The minimum atomic E-state index is -0.0931. The molecule has 1 atom stereocenters. The maximum Gasteiger partial charge on any atom is 0.259 e. The van der Waals surface area contributed by atoms with Crippen molar-refractivity contribution >= 4 is 11.7 Å². The standard InChI is InChI=1S/C19H20N6O2/c1-12-3-4-14(9-20-12)18(26)23-16-7-8-25(11-16)17-6-5-15(10-21-17)19-22-13(2)24-27-19/h3-6,9-10,16H,7-8,11H2,1-2H3,(H,23,26). The van der Waals surface area contributed by atoms with Gasteiger partial charge in [0.25, 0.3) is 11.8 Å². The number of hydrogen-bond donors (Lipinski definition) is 1. The lowest BCUT2D eigenvalue weighted by atomic mass is 10.2. The molecule has 0 aliphatic carbocycles. The summed E-state index contributed by atoms with van der Waals surface area (Å²) in [7, 11) is 0. The molecule has 0 bridgehead atoms. The molecule has 1 aliphatic rings. The highest BCUT2D eigenvalue weighted by atomic mass is 16.5. The first-order valence-corrected chi connectivity index (χ1v) is 8.84. The zero-order chi connectivity index (χ0) is 18.8. The van der Waals surface area contributed by atoms with Gasteiger partial charge in [0.15, 0.2) is 5.82 Å². The number of aromatic nitrogens is 4. The molecule has 8 heteroatoms. The highest BCUT2D eigenvalue weighted by molar-refractivity contribution is 5.94. The molecule has 4 rings (SSSR count). The molecule has 1 aliphatic heterocycles. The molecule has 1 fully saturated rings. The van der Waals surface area contributed by atoms with Crippen LogP contribution < -0.4 is 10.2 Å². The van der Waals surface area contributed by atoms with Gasteiger partial charge in [-0.3, -0.25) is 9.78 Å². The maximum absolute atomic E-state index is 12.4. The zero-order valence-corrected chi connectivity index (χ0v) is 15.2. The second-order valence-corrected chi connectivity index (χ2v) is 6.65. The molecule has 1 N–H and O–H groups in total. The summed E-state index contributed by atoms with van der Waals surface area (Å²) in [6, 6.07) is 7.57. The van der Waals surface area contributed by atoms with Crippen LogP contribution in [0.15, 0.2) is 41.2 Å². The van der Waals surface area contributed by atoms with Crippen LogP contribution in [0, 0.1) is 13.8 Å². The molecule has 3 aromatic rings. The normalized spacial score (nSPS) is 16.5. The summed E-state index contributed by atoms with van der Waals surface area (Å²) in [4.78, 5) is 27.4. The van der Waals surface area contributed by atoms with Crippen molar-refractivity contribution in [3.8, 4) is 11.5 Å². The Balaban J connectivity index is 1.37. The first-order chi connectivity index (χ1) is 13.1. The van der Waals surface area contributed by atoms with Crippen LogP contribution in [-0.2, 0) is 0 Å². The van der Waals surface area contributed by atoms with E-state index in [1.807, 2.05) is 25.1 Å². The van der Waals surface area contributed by atoms with E-state index < -0.39 is 0 Å². The van der Waals surface area contributed by atoms with Gasteiger partial charge >= 0.3 is 0 Å². The Morgan fingerprint density at radius 1 is 1.19 bits per heavy atom. The van der Waals surface area contributed by atoms with E-state index >= 15 is 0 Å². The van der Waals surface area contributed by atoms with Gasteiger partial charge < -0.3 is 14.7 Å². The van der Waals surface area contributed by atoms with Crippen LogP contribution in [0.1, 0.15) is 28.3 Å². The molecule has 1 unspecified atom stereocenters. The zero-order valence-electron chi connectivity index (χ0n) is 15.2. The fourth-order valence-electron chi connectivity index (χ4n) is 3.07. The molecule has 0 saturated carbocycles. The van der Waals surface area contributed by atoms with Crippen molar-refractivity contribution in [3.05, 3.63) is 53.7 Å². The fraction of sp³-hybridized carbons (Fsp3) is 0.316. The van der Waals surface area contributed by atoms with Gasteiger partial charge in [0.1, 0.15) is 5.82 Å². The van der Waals surface area contributed by atoms with E-state index in [0.29, 0.717) is 17.3 Å². The molecule has 0 aromatic carbocycles. The maximum atomic E-state index is 12.4. The molecule has 8 nitrogen and oxygen atoms in total. The lowest BCUT2D eigenvalue weighted by molar-refractivity contribution is 0.0940. The van der Waals surface area contributed by atoms with Gasteiger partial charge in [-0.25, -0.2) is 4.98 Å². The van der Waals surface area contributed by atoms with Gasteiger partial charge in [-0.2, -0.15) is 4.98 Å². The lowest BCUT2D eigenvalue weighted by Crippen LogP contribution is -2.37. The SMILES string of the molecule is Cc1ccc(C(=O)NC2CCN(c3ccc(-c4nc(C)no4)cn3)C2)cn1. The van der Waals surface area contributed by atoms with Gasteiger partial charge in [0, 0.05) is 37.2 Å². The number of rotatable bonds is 4. The van der Waals surface area contributed by atoms with Crippen LogP contribution in [0.25, 0.3) is 11.5 Å². The molecule has 3 aromatic heterocycles. The minimum Gasteiger partial charge on any atom is -0.354 e. The van der Waals surface area contributed by atoms with Crippen molar-refractivity contribution in [3.63, 3.8) is 0 Å². The van der Waals surface area contributed by atoms with Gasteiger partial charge in [0.2, 0.25) is 0 Å². The van der Waals surface area contributed by atoms with E-state index in [9.17, 15) is 4.79 Å². The summed E-state index contributed by atoms with van der Waals surface area (Å²) in [5, 5.41) is 6.86. The predicted molar refractivity (Wildman–Crippen MR) is 99.3 cm³/mol. The number of anilines is 1. The Morgan fingerprint density at radius 3 is 2.74 bits per heavy atom. The second-order valence-electron chi connectivity index (χ2n) is 6.65. The van der Waals surface area contributed by atoms with Crippen molar-refractivity contribution in [2.24, 2.45) is 0 Å². The third-order valence-corrected chi connectivity index (χ3v) is 4.54. The summed E-state index contributed by atoms with van der Waals surface area (Å²) in [5.74, 6) is 1.83. The highest BCUT2D eigenvalue weighted by Crippen LogP contribution is 2.22. The number of carbonyl (C=O) groups is 1. The smallest absolute Gasteiger partial charge is 0.259 e. The lowest BCUT2D eigenvalue weighted by Gasteiger charge is -2.18.